The van der Waals surface area contributed by atoms with E-state index >= 15 is 0 Å². The lowest BCUT2D eigenvalue weighted by Gasteiger charge is -2.13. The van der Waals surface area contributed by atoms with E-state index in [1.165, 1.54) is 6.92 Å². The zero-order valence-corrected chi connectivity index (χ0v) is 13.0. The second-order valence-corrected chi connectivity index (χ2v) is 6.74. The van der Waals surface area contributed by atoms with E-state index in [1.807, 2.05) is 6.92 Å². The Kier molecular flexibility index (Phi) is 4.91. The first-order chi connectivity index (χ1) is 10.3. The van der Waals surface area contributed by atoms with Crippen LogP contribution in [0.5, 0.6) is 0 Å². The molecule has 22 heavy (non-hydrogen) atoms. The lowest BCUT2D eigenvalue weighted by Crippen LogP contribution is -2.30. The van der Waals surface area contributed by atoms with Gasteiger partial charge in [-0.15, -0.1) is 0 Å². The molecule has 2 aromatic rings. The third-order valence-electron chi connectivity index (χ3n) is 3.15. The average Bonchev–Trinajstić information content (AvgIpc) is 3.06. The summed E-state index contributed by atoms with van der Waals surface area (Å²) >= 11 is 0. The van der Waals surface area contributed by atoms with E-state index < -0.39 is 16.6 Å². The highest BCUT2D eigenvalue weighted by atomic mass is 32.2. The Balaban J connectivity index is 2.02. The van der Waals surface area contributed by atoms with Crippen molar-refractivity contribution in [1.82, 2.24) is 24.3 Å². The molecule has 1 N–H and O–H groups in total. The highest BCUT2D eigenvalue weighted by molar-refractivity contribution is 7.89. The number of nitrogens with zero attached hydrogens (tertiary/aromatic N) is 4. The molecule has 0 saturated heterocycles. The van der Waals surface area contributed by atoms with E-state index in [0.717, 1.165) is 6.20 Å². The van der Waals surface area contributed by atoms with Crippen molar-refractivity contribution in [3.05, 3.63) is 30.4 Å². The number of sulfonamides is 1. The smallest absolute Gasteiger partial charge is 0.272 e. The molecule has 10 heteroatoms. The Hall–Kier alpha value is -1.81. The molecule has 7 nitrogen and oxygen atoms in total. The van der Waals surface area contributed by atoms with Crippen molar-refractivity contribution in [1.29, 1.82) is 0 Å². The Bertz CT molecular complexity index is 712. The van der Waals surface area contributed by atoms with Crippen LogP contribution in [0.4, 0.5) is 8.78 Å². The fourth-order valence-corrected chi connectivity index (χ4v) is 3.32. The van der Waals surface area contributed by atoms with Crippen molar-refractivity contribution in [2.75, 3.05) is 6.54 Å². The first kappa shape index (κ1) is 16.6. The molecular weight excluding hydrogens is 316 g/mol. The summed E-state index contributed by atoms with van der Waals surface area (Å²) in [6.45, 7) is 0.995. The predicted molar refractivity (Wildman–Crippen MR) is 74.8 cm³/mol. The average molecular weight is 333 g/mol. The Morgan fingerprint density at radius 3 is 2.64 bits per heavy atom. The van der Waals surface area contributed by atoms with Gasteiger partial charge < -0.3 is 0 Å². The monoisotopic (exact) mass is 333 g/mol. The molecule has 0 spiro atoms. The van der Waals surface area contributed by atoms with Gasteiger partial charge in [0.1, 0.15) is 4.90 Å². The standard InChI is InChI=1S/C12H17F2N5O2S/c1-9(8-18-5-3-4-15-18)6-17-22(20,21)11-7-16-19(10(11)2)12(13)14/h3-5,7,9,12,17H,6,8H2,1-2H3. The zero-order valence-electron chi connectivity index (χ0n) is 12.1. The molecule has 122 valence electrons. The zero-order chi connectivity index (χ0) is 16.3. The minimum atomic E-state index is -3.87. The minimum absolute atomic E-state index is 0.0138. The van der Waals surface area contributed by atoms with E-state index in [9.17, 15) is 17.2 Å². The van der Waals surface area contributed by atoms with Crippen molar-refractivity contribution >= 4 is 10.0 Å². The van der Waals surface area contributed by atoms with Gasteiger partial charge in [0.05, 0.1) is 11.9 Å². The summed E-state index contributed by atoms with van der Waals surface area (Å²) in [5.41, 5.74) is -0.0952. The molecule has 0 saturated carbocycles. The van der Waals surface area contributed by atoms with Gasteiger partial charge in [-0.25, -0.2) is 17.8 Å². The molecule has 2 heterocycles. The fourth-order valence-electron chi connectivity index (χ4n) is 1.99. The van der Waals surface area contributed by atoms with E-state index in [-0.39, 0.29) is 23.1 Å². The molecule has 0 radical (unpaired) electrons. The molecular formula is C12H17F2N5O2S. The summed E-state index contributed by atoms with van der Waals surface area (Å²) in [5, 5.41) is 7.44. The SMILES string of the molecule is Cc1c(S(=O)(=O)NCC(C)Cn2cccn2)cnn1C(F)F. The number of nitrogens with one attached hydrogen (secondary N) is 1. The second-order valence-electron chi connectivity index (χ2n) is 5.00. The van der Waals surface area contributed by atoms with Crippen LogP contribution >= 0.6 is 0 Å². The van der Waals surface area contributed by atoms with Crippen molar-refractivity contribution in [3.8, 4) is 0 Å². The van der Waals surface area contributed by atoms with E-state index in [1.54, 1.807) is 23.1 Å². The highest BCUT2D eigenvalue weighted by Crippen LogP contribution is 2.19. The molecule has 0 aromatic carbocycles. The third-order valence-corrected chi connectivity index (χ3v) is 4.68. The van der Waals surface area contributed by atoms with E-state index in [0.29, 0.717) is 11.2 Å². The Labute approximate surface area is 127 Å². The molecule has 0 amide bonds. The summed E-state index contributed by atoms with van der Waals surface area (Å²) in [4.78, 5) is -0.237. The van der Waals surface area contributed by atoms with Gasteiger partial charge in [0.2, 0.25) is 10.0 Å². The Morgan fingerprint density at radius 2 is 2.09 bits per heavy atom. The van der Waals surface area contributed by atoms with Crippen molar-refractivity contribution in [2.45, 2.75) is 31.8 Å². The summed E-state index contributed by atoms with van der Waals surface area (Å²) in [6.07, 6.45) is 4.35. The fraction of sp³-hybridized carbons (Fsp3) is 0.500. The minimum Gasteiger partial charge on any atom is -0.272 e. The maximum atomic E-state index is 12.6. The van der Waals surface area contributed by atoms with Gasteiger partial charge in [0.15, 0.2) is 0 Å². The van der Waals surface area contributed by atoms with Crippen molar-refractivity contribution in [3.63, 3.8) is 0 Å². The maximum absolute atomic E-state index is 12.6. The molecule has 2 rings (SSSR count). The molecule has 0 fully saturated rings. The van der Waals surface area contributed by atoms with Crippen molar-refractivity contribution < 1.29 is 17.2 Å². The molecule has 0 aliphatic heterocycles. The van der Waals surface area contributed by atoms with Gasteiger partial charge in [-0.1, -0.05) is 6.92 Å². The number of halogens is 2. The lowest BCUT2D eigenvalue weighted by molar-refractivity contribution is 0.0541. The first-order valence-corrected chi connectivity index (χ1v) is 8.09. The van der Waals surface area contributed by atoms with Gasteiger partial charge in [0.25, 0.3) is 0 Å². The second kappa shape index (κ2) is 6.53. The van der Waals surface area contributed by atoms with Gasteiger partial charge in [0, 0.05) is 25.5 Å². The van der Waals surface area contributed by atoms with Crippen LogP contribution in [0.2, 0.25) is 0 Å². The number of hydrogen-bond acceptors (Lipinski definition) is 4. The van der Waals surface area contributed by atoms with Crippen molar-refractivity contribution in [2.24, 2.45) is 5.92 Å². The molecule has 1 atom stereocenters. The Morgan fingerprint density at radius 1 is 1.36 bits per heavy atom. The summed E-state index contributed by atoms with van der Waals surface area (Å²) in [5.74, 6) is -0.0138. The van der Waals surface area contributed by atoms with Crippen LogP contribution in [0.1, 0.15) is 19.2 Å². The highest BCUT2D eigenvalue weighted by Gasteiger charge is 2.23. The van der Waals surface area contributed by atoms with Gasteiger partial charge >= 0.3 is 6.55 Å². The van der Waals surface area contributed by atoms with Crippen LogP contribution in [0, 0.1) is 12.8 Å². The molecule has 0 aliphatic rings. The number of hydrogen-bond donors (Lipinski definition) is 1. The van der Waals surface area contributed by atoms with Crippen LogP contribution in [0.15, 0.2) is 29.6 Å². The largest absolute Gasteiger partial charge is 0.333 e. The lowest BCUT2D eigenvalue weighted by atomic mass is 10.2. The molecule has 0 aliphatic carbocycles. The van der Waals surface area contributed by atoms with E-state index in [2.05, 4.69) is 14.9 Å². The van der Waals surface area contributed by atoms with Gasteiger partial charge in [-0.2, -0.15) is 19.0 Å². The van der Waals surface area contributed by atoms with E-state index in [4.69, 9.17) is 0 Å². The predicted octanol–water partition coefficient (Wildman–Crippen LogP) is 1.40. The number of aromatic nitrogens is 4. The molecule has 0 bridgehead atoms. The van der Waals surface area contributed by atoms with Crippen LogP contribution in [-0.2, 0) is 16.6 Å². The van der Waals surface area contributed by atoms with Crippen LogP contribution in [0.3, 0.4) is 0 Å². The number of rotatable bonds is 7. The molecule has 2 aromatic heterocycles. The van der Waals surface area contributed by atoms with Gasteiger partial charge in [-0.3, -0.25) is 4.68 Å². The number of alkyl halides is 2. The third kappa shape index (κ3) is 3.69. The van der Waals surface area contributed by atoms with Gasteiger partial charge in [-0.05, 0) is 18.9 Å². The normalized spacial score (nSPS) is 13.7. The van der Waals surface area contributed by atoms with Crippen LogP contribution in [0.25, 0.3) is 0 Å². The maximum Gasteiger partial charge on any atom is 0.333 e. The molecule has 1 unspecified atom stereocenters. The van der Waals surface area contributed by atoms with Crippen LogP contribution < -0.4 is 4.72 Å². The summed E-state index contributed by atoms with van der Waals surface area (Å²) < 4.78 is 54.1. The van der Waals surface area contributed by atoms with Crippen LogP contribution in [-0.4, -0.2) is 34.5 Å². The summed E-state index contributed by atoms with van der Waals surface area (Å²) in [7, 11) is -3.87. The summed E-state index contributed by atoms with van der Waals surface area (Å²) in [6, 6.07) is 1.78. The first-order valence-electron chi connectivity index (χ1n) is 6.60. The topological polar surface area (TPSA) is 81.8 Å². The quantitative estimate of drug-likeness (QED) is 0.830.